The molecule has 0 unspecified atom stereocenters. The van der Waals surface area contributed by atoms with Crippen LogP contribution in [0, 0.1) is 0 Å². The SMILES string of the molecule is C1=CC(c2c(-c3ccc(OCCN4CCCC4)cc3)oc3ncnc(NCCN4CCOCC4)c23)=CCCC1. The zero-order chi connectivity index (χ0) is 26.3. The second-order valence-electron chi connectivity index (χ2n) is 10.5. The van der Waals surface area contributed by atoms with Gasteiger partial charge in [0.25, 0.3) is 0 Å². The fraction of sp³-hybridized carbons (Fsp3) is 0.484. The first-order valence-electron chi connectivity index (χ1n) is 14.5. The first-order valence-corrected chi connectivity index (χ1v) is 14.5. The van der Waals surface area contributed by atoms with Crippen LogP contribution in [0.4, 0.5) is 5.82 Å². The molecule has 3 aliphatic rings. The summed E-state index contributed by atoms with van der Waals surface area (Å²) < 4.78 is 18.0. The number of hydrogen-bond donors (Lipinski definition) is 1. The van der Waals surface area contributed by atoms with Gasteiger partial charge < -0.3 is 19.2 Å². The number of morpholine rings is 1. The molecule has 0 atom stereocenters. The molecule has 6 rings (SSSR count). The summed E-state index contributed by atoms with van der Waals surface area (Å²) in [5, 5.41) is 4.52. The molecule has 1 aliphatic carbocycles. The molecule has 2 aromatic heterocycles. The highest BCUT2D eigenvalue weighted by Crippen LogP contribution is 2.41. The van der Waals surface area contributed by atoms with Crippen LogP contribution in [0.5, 0.6) is 5.75 Å². The lowest BCUT2D eigenvalue weighted by Crippen LogP contribution is -2.39. The molecule has 3 aromatic rings. The van der Waals surface area contributed by atoms with Crippen LogP contribution in [0.15, 0.2) is 53.2 Å². The molecule has 1 aromatic carbocycles. The minimum absolute atomic E-state index is 0.605. The summed E-state index contributed by atoms with van der Waals surface area (Å²) in [5.41, 5.74) is 3.83. The van der Waals surface area contributed by atoms with E-state index in [4.69, 9.17) is 13.9 Å². The lowest BCUT2D eigenvalue weighted by atomic mass is 9.98. The summed E-state index contributed by atoms with van der Waals surface area (Å²) in [6.07, 6.45) is 14.3. The van der Waals surface area contributed by atoms with Crippen molar-refractivity contribution in [3.63, 3.8) is 0 Å². The number of ether oxygens (including phenoxy) is 2. The van der Waals surface area contributed by atoms with Crippen LogP contribution in [0.25, 0.3) is 28.0 Å². The van der Waals surface area contributed by atoms with Gasteiger partial charge in [-0.1, -0.05) is 18.2 Å². The number of allylic oxidation sites excluding steroid dienone is 4. The van der Waals surface area contributed by atoms with E-state index in [2.05, 4.69) is 55.4 Å². The largest absolute Gasteiger partial charge is 0.492 e. The molecule has 1 N–H and O–H groups in total. The van der Waals surface area contributed by atoms with Crippen molar-refractivity contribution in [2.24, 2.45) is 0 Å². The zero-order valence-corrected chi connectivity index (χ0v) is 22.7. The Morgan fingerprint density at radius 2 is 1.72 bits per heavy atom. The van der Waals surface area contributed by atoms with Crippen molar-refractivity contribution >= 4 is 22.5 Å². The van der Waals surface area contributed by atoms with Gasteiger partial charge in [0.2, 0.25) is 5.71 Å². The standard InChI is InChI=1S/C31H39N5O3/c1-2-4-8-24(7-3-1)27-28-30(32-13-16-36-17-20-37-21-18-36)33-23-34-31(28)39-29(27)25-9-11-26(12-10-25)38-22-19-35-14-5-6-15-35/h3,7-12,23H,1-2,4-6,13-22H2,(H,32,33,34). The molecule has 206 valence electrons. The molecule has 0 spiro atoms. The lowest BCUT2D eigenvalue weighted by Gasteiger charge is -2.26. The van der Waals surface area contributed by atoms with Crippen molar-refractivity contribution in [2.75, 3.05) is 71.0 Å². The number of likely N-dealkylation sites (tertiary alicyclic amines) is 1. The summed E-state index contributed by atoms with van der Waals surface area (Å²) >= 11 is 0. The van der Waals surface area contributed by atoms with E-state index < -0.39 is 0 Å². The van der Waals surface area contributed by atoms with E-state index in [1.54, 1.807) is 6.33 Å². The number of anilines is 1. The monoisotopic (exact) mass is 529 g/mol. The van der Waals surface area contributed by atoms with Gasteiger partial charge in [0.1, 0.15) is 30.3 Å². The Kier molecular flexibility index (Phi) is 8.53. The maximum Gasteiger partial charge on any atom is 0.232 e. The first-order chi connectivity index (χ1) is 19.3. The Labute approximate surface area is 230 Å². The van der Waals surface area contributed by atoms with Gasteiger partial charge >= 0.3 is 0 Å². The van der Waals surface area contributed by atoms with Crippen molar-refractivity contribution in [2.45, 2.75) is 32.1 Å². The Morgan fingerprint density at radius 1 is 0.897 bits per heavy atom. The molecule has 0 amide bonds. The number of furan rings is 1. The summed E-state index contributed by atoms with van der Waals surface area (Å²) in [5.74, 6) is 2.52. The highest BCUT2D eigenvalue weighted by Gasteiger charge is 2.23. The second-order valence-corrected chi connectivity index (χ2v) is 10.5. The summed E-state index contributed by atoms with van der Waals surface area (Å²) in [7, 11) is 0. The summed E-state index contributed by atoms with van der Waals surface area (Å²) in [6.45, 7) is 9.35. The van der Waals surface area contributed by atoms with E-state index >= 15 is 0 Å². The van der Waals surface area contributed by atoms with E-state index in [9.17, 15) is 0 Å². The Balaban J connectivity index is 1.26. The minimum Gasteiger partial charge on any atom is -0.492 e. The van der Waals surface area contributed by atoms with Gasteiger partial charge in [-0.25, -0.2) is 9.97 Å². The molecule has 2 aliphatic heterocycles. The van der Waals surface area contributed by atoms with Crippen LogP contribution in [-0.2, 0) is 4.74 Å². The third-order valence-electron chi connectivity index (χ3n) is 7.83. The average molecular weight is 530 g/mol. The predicted molar refractivity (Wildman–Crippen MR) is 155 cm³/mol. The maximum atomic E-state index is 6.46. The molecule has 39 heavy (non-hydrogen) atoms. The second kappa shape index (κ2) is 12.8. The summed E-state index contributed by atoms with van der Waals surface area (Å²) in [4.78, 5) is 14.1. The van der Waals surface area contributed by atoms with Gasteiger partial charge in [0, 0.05) is 43.9 Å². The van der Waals surface area contributed by atoms with Crippen LogP contribution >= 0.6 is 0 Å². The van der Waals surface area contributed by atoms with Gasteiger partial charge in [0.05, 0.1) is 18.6 Å². The molecule has 8 heteroatoms. The molecule has 0 bridgehead atoms. The van der Waals surface area contributed by atoms with Crippen molar-refractivity contribution in [3.05, 3.63) is 54.4 Å². The molecule has 2 saturated heterocycles. The normalized spacial score (nSPS) is 18.8. The average Bonchev–Trinajstić information content (AvgIpc) is 3.55. The molecule has 4 heterocycles. The van der Waals surface area contributed by atoms with Crippen LogP contribution in [0.1, 0.15) is 37.7 Å². The fourth-order valence-corrected chi connectivity index (χ4v) is 5.66. The van der Waals surface area contributed by atoms with Crippen LogP contribution in [0.2, 0.25) is 0 Å². The topological polar surface area (TPSA) is 75.9 Å². The maximum absolute atomic E-state index is 6.46. The van der Waals surface area contributed by atoms with E-state index in [1.165, 1.54) is 31.5 Å². The molecular formula is C31H39N5O3. The number of hydrogen-bond acceptors (Lipinski definition) is 8. The lowest BCUT2D eigenvalue weighted by molar-refractivity contribution is 0.0398. The van der Waals surface area contributed by atoms with E-state index in [0.717, 1.165) is 99.0 Å². The third-order valence-corrected chi connectivity index (χ3v) is 7.83. The number of fused-ring (bicyclic) bond motifs is 1. The molecule has 8 nitrogen and oxygen atoms in total. The van der Waals surface area contributed by atoms with Gasteiger partial charge in [0.15, 0.2) is 0 Å². The van der Waals surface area contributed by atoms with E-state index in [1.807, 2.05) is 12.1 Å². The highest BCUT2D eigenvalue weighted by molar-refractivity contribution is 6.04. The summed E-state index contributed by atoms with van der Waals surface area (Å²) in [6, 6.07) is 8.26. The Bertz CT molecular complexity index is 1290. The fourth-order valence-electron chi connectivity index (χ4n) is 5.66. The minimum atomic E-state index is 0.605. The number of nitrogens with zero attached hydrogens (tertiary/aromatic N) is 4. The van der Waals surface area contributed by atoms with Gasteiger partial charge in [-0.15, -0.1) is 0 Å². The van der Waals surface area contributed by atoms with Crippen molar-refractivity contribution < 1.29 is 13.9 Å². The van der Waals surface area contributed by atoms with Gasteiger partial charge in [-0.2, -0.15) is 0 Å². The Hall–Kier alpha value is -3.20. The van der Waals surface area contributed by atoms with Gasteiger partial charge in [-0.3, -0.25) is 9.80 Å². The number of aromatic nitrogens is 2. The predicted octanol–water partition coefficient (Wildman–Crippen LogP) is 5.23. The number of rotatable bonds is 10. The third kappa shape index (κ3) is 6.35. The van der Waals surface area contributed by atoms with Crippen LogP contribution in [0.3, 0.4) is 0 Å². The highest BCUT2D eigenvalue weighted by atomic mass is 16.5. The van der Waals surface area contributed by atoms with E-state index in [-0.39, 0.29) is 0 Å². The Morgan fingerprint density at radius 3 is 2.56 bits per heavy atom. The van der Waals surface area contributed by atoms with Crippen molar-refractivity contribution in [1.29, 1.82) is 0 Å². The molecule has 0 radical (unpaired) electrons. The van der Waals surface area contributed by atoms with E-state index in [0.29, 0.717) is 12.3 Å². The van der Waals surface area contributed by atoms with Crippen LogP contribution in [-0.4, -0.2) is 85.4 Å². The molecule has 2 fully saturated rings. The molecular weight excluding hydrogens is 490 g/mol. The number of benzene rings is 1. The first kappa shape index (κ1) is 26.0. The smallest absolute Gasteiger partial charge is 0.232 e. The van der Waals surface area contributed by atoms with Crippen molar-refractivity contribution in [3.8, 4) is 17.1 Å². The zero-order valence-electron chi connectivity index (χ0n) is 22.7. The van der Waals surface area contributed by atoms with Crippen molar-refractivity contribution in [1.82, 2.24) is 19.8 Å². The number of nitrogens with one attached hydrogen (secondary N) is 1. The van der Waals surface area contributed by atoms with Crippen LogP contribution < -0.4 is 10.1 Å². The van der Waals surface area contributed by atoms with Gasteiger partial charge in [-0.05, 0) is 75.0 Å². The quantitative estimate of drug-likeness (QED) is 0.383. The molecule has 0 saturated carbocycles.